The van der Waals surface area contributed by atoms with Crippen molar-refractivity contribution in [1.29, 1.82) is 0 Å². The topological polar surface area (TPSA) is 72.1 Å². The van der Waals surface area contributed by atoms with Crippen LogP contribution in [0.5, 0.6) is 0 Å². The average molecular weight is 312 g/mol. The standard InChI is InChI=1S/C12H16N4O2S2/c1-4-9-14-15-10(18-9)5-16(3)11(17)7-20-12-13-8(2)6-19-12/h6H,4-5,7H2,1-3H3. The fraction of sp³-hybridized carbons (Fsp3) is 0.500. The fourth-order valence-corrected chi connectivity index (χ4v) is 3.21. The van der Waals surface area contributed by atoms with Gasteiger partial charge in [0.25, 0.3) is 0 Å². The second-order valence-electron chi connectivity index (χ2n) is 4.24. The Bertz CT molecular complexity index is 582. The lowest BCUT2D eigenvalue weighted by Crippen LogP contribution is -2.27. The Labute approximate surface area is 125 Å². The van der Waals surface area contributed by atoms with Crippen molar-refractivity contribution < 1.29 is 9.21 Å². The summed E-state index contributed by atoms with van der Waals surface area (Å²) in [6, 6.07) is 0. The minimum atomic E-state index is 0.0131. The maximum Gasteiger partial charge on any atom is 0.235 e. The number of aryl methyl sites for hydroxylation is 2. The molecule has 0 aromatic carbocycles. The lowest BCUT2D eigenvalue weighted by atomic mass is 10.5. The van der Waals surface area contributed by atoms with E-state index in [2.05, 4.69) is 15.2 Å². The Kier molecular flexibility index (Phi) is 5.13. The maximum absolute atomic E-state index is 12.0. The van der Waals surface area contributed by atoms with E-state index in [-0.39, 0.29) is 5.91 Å². The number of carbonyl (C=O) groups is 1. The number of rotatable bonds is 6. The first-order chi connectivity index (χ1) is 9.58. The Morgan fingerprint density at radius 3 is 2.80 bits per heavy atom. The van der Waals surface area contributed by atoms with Gasteiger partial charge in [-0.25, -0.2) is 4.98 Å². The van der Waals surface area contributed by atoms with Crippen molar-refractivity contribution in [2.75, 3.05) is 12.8 Å². The molecule has 0 aliphatic rings. The molecule has 0 unspecified atom stereocenters. The Morgan fingerprint density at radius 1 is 1.45 bits per heavy atom. The van der Waals surface area contributed by atoms with Gasteiger partial charge >= 0.3 is 0 Å². The van der Waals surface area contributed by atoms with Crippen LogP contribution >= 0.6 is 23.1 Å². The molecule has 0 atom stereocenters. The Morgan fingerprint density at radius 2 is 2.20 bits per heavy atom. The van der Waals surface area contributed by atoms with Crippen LogP contribution in [0.4, 0.5) is 0 Å². The van der Waals surface area contributed by atoms with Gasteiger partial charge in [-0.05, 0) is 6.92 Å². The minimum Gasteiger partial charge on any atom is -0.423 e. The van der Waals surface area contributed by atoms with E-state index in [1.165, 1.54) is 11.8 Å². The van der Waals surface area contributed by atoms with Crippen LogP contribution < -0.4 is 0 Å². The summed E-state index contributed by atoms with van der Waals surface area (Å²) in [7, 11) is 1.73. The van der Waals surface area contributed by atoms with E-state index in [1.807, 2.05) is 19.2 Å². The van der Waals surface area contributed by atoms with Gasteiger partial charge in [-0.3, -0.25) is 4.79 Å². The normalized spacial score (nSPS) is 10.8. The lowest BCUT2D eigenvalue weighted by molar-refractivity contribution is -0.127. The largest absolute Gasteiger partial charge is 0.423 e. The van der Waals surface area contributed by atoms with Gasteiger partial charge < -0.3 is 9.32 Å². The second-order valence-corrected chi connectivity index (χ2v) is 6.32. The van der Waals surface area contributed by atoms with E-state index in [1.54, 1.807) is 23.3 Å². The molecule has 0 radical (unpaired) electrons. The summed E-state index contributed by atoms with van der Waals surface area (Å²) in [4.78, 5) is 17.9. The molecule has 2 aromatic rings. The maximum atomic E-state index is 12.0. The molecule has 0 aliphatic carbocycles. The van der Waals surface area contributed by atoms with Crippen molar-refractivity contribution in [2.45, 2.75) is 31.2 Å². The quantitative estimate of drug-likeness (QED) is 0.761. The second kappa shape index (κ2) is 6.85. The van der Waals surface area contributed by atoms with Gasteiger partial charge in [0.1, 0.15) is 0 Å². The van der Waals surface area contributed by atoms with E-state index in [0.717, 1.165) is 10.0 Å². The number of nitrogens with zero attached hydrogens (tertiary/aromatic N) is 4. The highest BCUT2D eigenvalue weighted by Gasteiger charge is 2.14. The van der Waals surface area contributed by atoms with Crippen molar-refractivity contribution in [3.05, 3.63) is 22.9 Å². The zero-order valence-electron chi connectivity index (χ0n) is 11.6. The molecule has 2 aromatic heterocycles. The van der Waals surface area contributed by atoms with Gasteiger partial charge in [-0.15, -0.1) is 21.5 Å². The van der Waals surface area contributed by atoms with E-state index >= 15 is 0 Å². The molecule has 1 amide bonds. The Hall–Kier alpha value is -1.41. The van der Waals surface area contributed by atoms with Crippen molar-refractivity contribution in [3.8, 4) is 0 Å². The molecule has 0 saturated carbocycles. The van der Waals surface area contributed by atoms with Crippen LogP contribution in [0.3, 0.4) is 0 Å². The summed E-state index contributed by atoms with van der Waals surface area (Å²) >= 11 is 3.00. The van der Waals surface area contributed by atoms with Gasteiger partial charge in [0, 0.05) is 24.5 Å². The van der Waals surface area contributed by atoms with Crippen LogP contribution in [0, 0.1) is 6.92 Å². The van der Waals surface area contributed by atoms with E-state index in [0.29, 0.717) is 30.5 Å². The van der Waals surface area contributed by atoms with E-state index < -0.39 is 0 Å². The van der Waals surface area contributed by atoms with Crippen molar-refractivity contribution in [2.24, 2.45) is 0 Å². The summed E-state index contributed by atoms with van der Waals surface area (Å²) in [6.07, 6.45) is 0.698. The number of thioether (sulfide) groups is 1. The van der Waals surface area contributed by atoms with Crippen LogP contribution in [0.25, 0.3) is 0 Å². The number of carbonyl (C=O) groups excluding carboxylic acids is 1. The molecule has 0 saturated heterocycles. The summed E-state index contributed by atoms with van der Waals surface area (Å²) in [5, 5.41) is 9.75. The van der Waals surface area contributed by atoms with Crippen molar-refractivity contribution >= 4 is 29.0 Å². The highest BCUT2D eigenvalue weighted by atomic mass is 32.2. The summed E-state index contributed by atoms with van der Waals surface area (Å²) < 4.78 is 6.30. The summed E-state index contributed by atoms with van der Waals surface area (Å²) in [6.45, 7) is 4.22. The molecule has 8 heteroatoms. The third kappa shape index (κ3) is 4.04. The van der Waals surface area contributed by atoms with Crippen LogP contribution in [-0.4, -0.2) is 38.8 Å². The number of aromatic nitrogens is 3. The highest BCUT2D eigenvalue weighted by molar-refractivity contribution is 8.01. The van der Waals surface area contributed by atoms with Crippen LogP contribution in [-0.2, 0) is 17.8 Å². The van der Waals surface area contributed by atoms with Crippen LogP contribution in [0.15, 0.2) is 14.1 Å². The third-order valence-electron chi connectivity index (χ3n) is 2.53. The summed E-state index contributed by atoms with van der Waals surface area (Å²) in [5.41, 5.74) is 0.983. The molecule has 2 heterocycles. The van der Waals surface area contributed by atoms with Crippen molar-refractivity contribution in [1.82, 2.24) is 20.1 Å². The third-order valence-corrected chi connectivity index (χ3v) is 4.65. The van der Waals surface area contributed by atoms with Gasteiger partial charge in [-0.2, -0.15) is 0 Å². The number of amides is 1. The summed E-state index contributed by atoms with van der Waals surface area (Å²) in [5.74, 6) is 1.43. The van der Waals surface area contributed by atoms with Gasteiger partial charge in [0.2, 0.25) is 17.7 Å². The monoisotopic (exact) mass is 312 g/mol. The van der Waals surface area contributed by atoms with Gasteiger partial charge in [0.05, 0.1) is 12.3 Å². The minimum absolute atomic E-state index is 0.0131. The smallest absolute Gasteiger partial charge is 0.235 e. The molecule has 108 valence electrons. The average Bonchev–Trinajstić information content (AvgIpc) is 3.04. The first kappa shape index (κ1) is 15.0. The highest BCUT2D eigenvalue weighted by Crippen LogP contribution is 2.22. The first-order valence-corrected chi connectivity index (χ1v) is 8.05. The first-order valence-electron chi connectivity index (χ1n) is 6.18. The van der Waals surface area contributed by atoms with E-state index in [9.17, 15) is 4.79 Å². The number of thiazole rings is 1. The Balaban J connectivity index is 1.82. The molecule has 0 aliphatic heterocycles. The molecule has 0 bridgehead atoms. The predicted molar refractivity (Wildman–Crippen MR) is 77.7 cm³/mol. The zero-order valence-corrected chi connectivity index (χ0v) is 13.3. The fourth-order valence-electron chi connectivity index (χ4n) is 1.42. The number of hydrogen-bond donors (Lipinski definition) is 0. The van der Waals surface area contributed by atoms with Crippen LogP contribution in [0.2, 0.25) is 0 Å². The molecule has 2 rings (SSSR count). The zero-order chi connectivity index (χ0) is 14.5. The molecular weight excluding hydrogens is 296 g/mol. The molecule has 0 N–H and O–H groups in total. The predicted octanol–water partition coefficient (Wildman–Crippen LogP) is 2.15. The lowest BCUT2D eigenvalue weighted by Gasteiger charge is -2.13. The van der Waals surface area contributed by atoms with Gasteiger partial charge in [-0.1, -0.05) is 18.7 Å². The van der Waals surface area contributed by atoms with Crippen LogP contribution in [0.1, 0.15) is 24.4 Å². The van der Waals surface area contributed by atoms with Crippen molar-refractivity contribution in [3.63, 3.8) is 0 Å². The molecule has 6 nitrogen and oxygen atoms in total. The molecule has 20 heavy (non-hydrogen) atoms. The van der Waals surface area contributed by atoms with E-state index in [4.69, 9.17) is 4.42 Å². The number of hydrogen-bond acceptors (Lipinski definition) is 7. The SMILES string of the molecule is CCc1nnc(CN(C)C(=O)CSc2nc(C)cs2)o1. The molecule has 0 fully saturated rings. The van der Waals surface area contributed by atoms with Gasteiger partial charge in [0.15, 0.2) is 4.34 Å². The molecule has 0 spiro atoms. The molecular formula is C12H16N4O2S2.